The first-order valence-corrected chi connectivity index (χ1v) is 25.6. The number of ether oxygens (including phenoxy) is 1. The molecule has 11 atom stereocenters. The van der Waals surface area contributed by atoms with Gasteiger partial charge in [0.15, 0.2) is 0 Å². The molecule has 4 heteroatoms. The summed E-state index contributed by atoms with van der Waals surface area (Å²) in [5, 5.41) is 0. The number of rotatable bonds is 9. The van der Waals surface area contributed by atoms with Crippen LogP contribution < -0.4 is 15.4 Å². The lowest BCUT2D eigenvalue weighted by molar-refractivity contribution is 0.145. The lowest BCUT2D eigenvalue weighted by atomic mass is 9.66. The summed E-state index contributed by atoms with van der Waals surface area (Å²) in [5.41, 5.74) is 17.4. The zero-order valence-electron chi connectivity index (χ0n) is 38.9. The van der Waals surface area contributed by atoms with E-state index in [9.17, 15) is 0 Å². The Morgan fingerprint density at radius 3 is 2.10 bits per heavy atom. The normalized spacial score (nSPS) is 33.8. The number of amidine groups is 1. The van der Waals surface area contributed by atoms with E-state index >= 15 is 0 Å². The van der Waals surface area contributed by atoms with Crippen molar-refractivity contribution in [2.75, 3.05) is 4.90 Å². The van der Waals surface area contributed by atoms with Crippen LogP contribution in [0, 0.1) is 53.3 Å². The number of hydrogen-bond donors (Lipinski definition) is 1. The predicted octanol–water partition coefficient (Wildman–Crippen LogP) is 14.2. The van der Waals surface area contributed by atoms with Crippen molar-refractivity contribution in [3.05, 3.63) is 211 Å². The summed E-state index contributed by atoms with van der Waals surface area (Å²) in [7, 11) is 0. The highest BCUT2D eigenvalue weighted by molar-refractivity contribution is 5.89. The van der Waals surface area contributed by atoms with Crippen molar-refractivity contribution in [3.8, 4) is 16.9 Å². The van der Waals surface area contributed by atoms with Crippen LogP contribution in [0.3, 0.4) is 0 Å². The molecule has 12 rings (SSSR count). The summed E-state index contributed by atoms with van der Waals surface area (Å²) >= 11 is 0. The standard InChI is InChI=1S/C63H65N3O/c1-41(39-56(48-35-29-45(30-36-48)43-15-4-2-5-16-43)65-63(64)49-37-31-46(32-38-49)44-17-6-3-7-18-44)42-27-33-47(34-28-42)54-40-55-61-59(25-14-26-60(61)67-62(55)53-22-9-8-19-50(53)54)66-57-23-12-10-20-51(57)52-21-11-13-24-58(52)66/h2-17,19-26,29-30,33,35-36,39-42,44,46,49-53,55,57-58,62H,18,27-28,31-32,34,37-38H2,1H3,(H2,64,65)/b56-39-. The molecule has 0 bridgehead atoms. The number of allylic oxidation sites excluding steroid dienone is 15. The molecule has 11 unspecified atom stereocenters. The molecule has 0 amide bonds. The molecule has 0 radical (unpaired) electrons. The summed E-state index contributed by atoms with van der Waals surface area (Å²) < 4.78 is 7.06. The van der Waals surface area contributed by atoms with E-state index in [1.807, 2.05) is 0 Å². The van der Waals surface area contributed by atoms with E-state index in [0.29, 0.717) is 59.4 Å². The van der Waals surface area contributed by atoms with Gasteiger partial charge in [0, 0.05) is 46.8 Å². The smallest absolute Gasteiger partial charge is 0.125 e. The van der Waals surface area contributed by atoms with Crippen molar-refractivity contribution in [3.63, 3.8) is 0 Å². The van der Waals surface area contributed by atoms with Gasteiger partial charge in [-0.15, -0.1) is 0 Å². The minimum atomic E-state index is 0.0839. The van der Waals surface area contributed by atoms with E-state index in [0.717, 1.165) is 60.9 Å². The first-order chi connectivity index (χ1) is 33.1. The van der Waals surface area contributed by atoms with E-state index in [1.54, 1.807) is 0 Å². The lowest BCUT2D eigenvalue weighted by Gasteiger charge is -2.40. The van der Waals surface area contributed by atoms with E-state index in [2.05, 4.69) is 200 Å². The topological polar surface area (TPSA) is 50.8 Å². The van der Waals surface area contributed by atoms with Gasteiger partial charge in [-0.25, -0.2) is 4.99 Å². The van der Waals surface area contributed by atoms with Gasteiger partial charge in [-0.05, 0) is 115 Å². The Morgan fingerprint density at radius 2 is 1.39 bits per heavy atom. The number of nitrogens with zero attached hydrogens (tertiary/aromatic N) is 2. The fourth-order valence-corrected chi connectivity index (χ4v) is 13.6. The molecule has 2 aliphatic heterocycles. The molecular formula is C63H65N3O. The minimum Gasteiger partial charge on any atom is -0.488 e. The Labute approximate surface area is 398 Å². The van der Waals surface area contributed by atoms with Crippen LogP contribution >= 0.6 is 0 Å². The zero-order chi connectivity index (χ0) is 44.8. The summed E-state index contributed by atoms with van der Waals surface area (Å²) in [6.07, 6.45) is 54.2. The predicted molar refractivity (Wildman–Crippen MR) is 278 cm³/mol. The highest BCUT2D eigenvalue weighted by atomic mass is 16.5. The molecule has 1 saturated carbocycles. The average Bonchev–Trinajstić information content (AvgIpc) is 3.95. The SMILES string of the molecule is CC(/C=C(\N=C(/N)C1CCC(C2C=CC=CC2)CC1)c1ccc(-c2ccccc2)cc1)C1CC=C(C2=CC3c4c(cccc4N4C5C=CC=CC5C5C=CC=CC54)OC3C3C=CC=CC23)CC1. The van der Waals surface area contributed by atoms with Crippen LogP contribution in [0.2, 0.25) is 0 Å². The van der Waals surface area contributed by atoms with Crippen LogP contribution in [0.15, 0.2) is 204 Å². The van der Waals surface area contributed by atoms with Gasteiger partial charge in [0.05, 0.1) is 17.8 Å². The van der Waals surface area contributed by atoms with Crippen molar-refractivity contribution in [1.29, 1.82) is 0 Å². The van der Waals surface area contributed by atoms with E-state index in [-0.39, 0.29) is 12.0 Å². The second-order valence-corrected chi connectivity index (χ2v) is 20.9. The number of aliphatic imine (C=N–C) groups is 1. The first kappa shape index (κ1) is 42.2. The Bertz CT molecular complexity index is 2690. The summed E-state index contributed by atoms with van der Waals surface area (Å²) in [4.78, 5) is 8.09. The number of hydrogen-bond acceptors (Lipinski definition) is 3. The number of benzene rings is 3. The first-order valence-electron chi connectivity index (χ1n) is 25.6. The number of anilines is 1. The maximum Gasteiger partial charge on any atom is 0.125 e. The van der Waals surface area contributed by atoms with Gasteiger partial charge in [0.2, 0.25) is 0 Å². The third-order valence-electron chi connectivity index (χ3n) is 17.3. The van der Waals surface area contributed by atoms with Crippen molar-refractivity contribution in [2.24, 2.45) is 64.0 Å². The van der Waals surface area contributed by atoms with Gasteiger partial charge in [-0.1, -0.05) is 183 Å². The second kappa shape index (κ2) is 18.2. The Morgan fingerprint density at radius 1 is 0.687 bits per heavy atom. The molecule has 7 aliphatic carbocycles. The maximum absolute atomic E-state index is 7.06. The fraction of sp³-hybridized carbons (Fsp3) is 0.349. The lowest BCUT2D eigenvalue weighted by Crippen LogP contribution is -2.39. The molecule has 9 aliphatic rings. The van der Waals surface area contributed by atoms with Gasteiger partial charge < -0.3 is 15.4 Å². The van der Waals surface area contributed by atoms with Crippen LogP contribution in [0.25, 0.3) is 16.8 Å². The van der Waals surface area contributed by atoms with Gasteiger partial charge in [0.1, 0.15) is 17.7 Å². The van der Waals surface area contributed by atoms with Crippen molar-refractivity contribution in [2.45, 2.75) is 82.4 Å². The maximum atomic E-state index is 7.06. The molecule has 2 heterocycles. The Balaban J connectivity index is 0.821. The quantitative estimate of drug-likeness (QED) is 0.172. The van der Waals surface area contributed by atoms with Gasteiger partial charge in [-0.2, -0.15) is 0 Å². The average molecular weight is 880 g/mol. The van der Waals surface area contributed by atoms with Crippen LogP contribution in [0.5, 0.6) is 5.75 Å². The molecule has 0 aromatic heterocycles. The monoisotopic (exact) mass is 880 g/mol. The molecule has 338 valence electrons. The molecule has 3 aromatic rings. The van der Waals surface area contributed by atoms with E-state index in [4.69, 9.17) is 15.5 Å². The summed E-state index contributed by atoms with van der Waals surface area (Å²) in [6, 6.07) is 27.1. The van der Waals surface area contributed by atoms with E-state index in [1.165, 1.54) is 52.8 Å². The number of fused-ring (bicyclic) bond motifs is 8. The van der Waals surface area contributed by atoms with Crippen LogP contribution in [-0.4, -0.2) is 24.0 Å². The third-order valence-corrected chi connectivity index (χ3v) is 17.3. The van der Waals surface area contributed by atoms with Crippen LogP contribution in [0.4, 0.5) is 5.69 Å². The third kappa shape index (κ3) is 7.94. The largest absolute Gasteiger partial charge is 0.488 e. The van der Waals surface area contributed by atoms with Crippen molar-refractivity contribution < 1.29 is 4.74 Å². The minimum absolute atomic E-state index is 0.0839. The Kier molecular flexibility index (Phi) is 11.5. The van der Waals surface area contributed by atoms with Gasteiger partial charge >= 0.3 is 0 Å². The molecular weight excluding hydrogens is 815 g/mol. The zero-order valence-corrected chi connectivity index (χ0v) is 38.9. The highest BCUT2D eigenvalue weighted by Gasteiger charge is 2.51. The molecule has 0 spiro atoms. The highest BCUT2D eigenvalue weighted by Crippen LogP contribution is 2.57. The second-order valence-electron chi connectivity index (χ2n) is 20.9. The fourth-order valence-electron chi connectivity index (χ4n) is 13.6. The molecule has 4 nitrogen and oxygen atoms in total. The molecule has 2 N–H and O–H groups in total. The van der Waals surface area contributed by atoms with Crippen LogP contribution in [-0.2, 0) is 0 Å². The summed E-state index contributed by atoms with van der Waals surface area (Å²) in [5.74, 6) is 6.20. The molecule has 2 fully saturated rings. The van der Waals surface area contributed by atoms with Crippen molar-refractivity contribution >= 4 is 17.2 Å². The summed E-state index contributed by atoms with van der Waals surface area (Å²) in [6.45, 7) is 2.41. The molecule has 3 aromatic carbocycles. The van der Waals surface area contributed by atoms with Gasteiger partial charge in [-0.3, -0.25) is 0 Å². The molecule has 1 saturated heterocycles. The number of nitrogens with two attached hydrogens (primary N) is 1. The Hall–Kier alpha value is -6.13. The molecule has 67 heavy (non-hydrogen) atoms. The van der Waals surface area contributed by atoms with E-state index < -0.39 is 0 Å². The van der Waals surface area contributed by atoms with Gasteiger partial charge in [0.25, 0.3) is 0 Å². The van der Waals surface area contributed by atoms with Crippen molar-refractivity contribution in [1.82, 2.24) is 0 Å². The van der Waals surface area contributed by atoms with Crippen LogP contribution in [0.1, 0.15) is 75.3 Å².